The van der Waals surface area contributed by atoms with E-state index in [1.807, 2.05) is 37.4 Å². The number of amides is 1. The molecule has 0 saturated heterocycles. The van der Waals surface area contributed by atoms with Crippen molar-refractivity contribution in [2.45, 2.75) is 6.42 Å². The van der Waals surface area contributed by atoms with Gasteiger partial charge in [-0.3, -0.25) is 4.79 Å². The second-order valence-electron chi connectivity index (χ2n) is 4.56. The summed E-state index contributed by atoms with van der Waals surface area (Å²) < 4.78 is 5.64. The molecule has 0 aromatic heterocycles. The van der Waals surface area contributed by atoms with Crippen molar-refractivity contribution in [3.05, 3.63) is 42.5 Å². The van der Waals surface area contributed by atoms with Crippen LogP contribution in [0.4, 0.5) is 0 Å². The summed E-state index contributed by atoms with van der Waals surface area (Å²) in [5.74, 6) is 0.870. The van der Waals surface area contributed by atoms with Crippen LogP contribution >= 0.6 is 12.4 Å². The van der Waals surface area contributed by atoms with Gasteiger partial charge in [0.2, 0.25) is 5.91 Å². The molecule has 2 aromatic rings. The Hall–Kier alpha value is -1.78. The van der Waals surface area contributed by atoms with Gasteiger partial charge in [-0.15, -0.1) is 12.4 Å². The summed E-state index contributed by atoms with van der Waals surface area (Å²) in [6, 6.07) is 14.2. The summed E-state index contributed by atoms with van der Waals surface area (Å²) in [6.45, 7) is 1.69. The molecule has 2 aromatic carbocycles. The summed E-state index contributed by atoms with van der Waals surface area (Å²) in [4.78, 5) is 11.4. The number of rotatable bonds is 7. The van der Waals surface area contributed by atoms with Crippen molar-refractivity contribution >= 4 is 29.1 Å². The number of ether oxygens (including phenoxy) is 1. The van der Waals surface area contributed by atoms with Crippen LogP contribution in [0, 0.1) is 0 Å². The minimum absolute atomic E-state index is 0. The van der Waals surface area contributed by atoms with E-state index in [0.717, 1.165) is 11.1 Å². The lowest BCUT2D eigenvalue weighted by atomic mass is 10.1. The average Bonchev–Trinajstić information content (AvgIpc) is 2.49. The van der Waals surface area contributed by atoms with Crippen LogP contribution in [0.1, 0.15) is 6.42 Å². The molecule has 114 valence electrons. The number of carbonyl (C=O) groups excluding carboxylic acids is 1. The fraction of sp³-hybridized carbons (Fsp3) is 0.312. The van der Waals surface area contributed by atoms with E-state index in [4.69, 9.17) is 4.74 Å². The standard InChI is InChI=1S/C16H20N2O2.ClH/c1-17-9-8-16(19)18-10-11-20-15-7-6-13-4-2-3-5-14(13)12-15;/h2-7,12,17H,8-11H2,1H3,(H,18,19);1H. The molecule has 5 heteroatoms. The Labute approximate surface area is 131 Å². The van der Waals surface area contributed by atoms with Crippen molar-refractivity contribution in [1.82, 2.24) is 10.6 Å². The van der Waals surface area contributed by atoms with Crippen LogP contribution in [-0.2, 0) is 4.79 Å². The highest BCUT2D eigenvalue weighted by Crippen LogP contribution is 2.20. The van der Waals surface area contributed by atoms with Gasteiger partial charge in [-0.25, -0.2) is 0 Å². The number of nitrogens with one attached hydrogen (secondary N) is 2. The van der Waals surface area contributed by atoms with Gasteiger partial charge >= 0.3 is 0 Å². The van der Waals surface area contributed by atoms with Crippen molar-refractivity contribution in [2.24, 2.45) is 0 Å². The summed E-state index contributed by atoms with van der Waals surface area (Å²) in [5.41, 5.74) is 0. The van der Waals surface area contributed by atoms with E-state index in [-0.39, 0.29) is 18.3 Å². The molecule has 0 atom stereocenters. The van der Waals surface area contributed by atoms with E-state index in [1.54, 1.807) is 0 Å². The molecular formula is C16H21ClN2O2. The lowest BCUT2D eigenvalue weighted by Gasteiger charge is -2.08. The molecule has 0 fully saturated rings. The highest BCUT2D eigenvalue weighted by molar-refractivity contribution is 5.85. The monoisotopic (exact) mass is 308 g/mol. The van der Waals surface area contributed by atoms with Crippen LogP contribution in [0.25, 0.3) is 10.8 Å². The second kappa shape index (κ2) is 9.21. The molecule has 0 radical (unpaired) electrons. The SMILES string of the molecule is CNCCC(=O)NCCOc1ccc2ccccc2c1.Cl. The first-order valence-corrected chi connectivity index (χ1v) is 6.82. The zero-order valence-electron chi connectivity index (χ0n) is 12.1. The van der Waals surface area contributed by atoms with Gasteiger partial charge in [0.15, 0.2) is 0 Å². The molecule has 2 rings (SSSR count). The Morgan fingerprint density at radius 2 is 1.86 bits per heavy atom. The van der Waals surface area contributed by atoms with Gasteiger partial charge in [0.1, 0.15) is 12.4 Å². The average molecular weight is 309 g/mol. The van der Waals surface area contributed by atoms with Crippen molar-refractivity contribution in [3.8, 4) is 5.75 Å². The Bertz CT molecular complexity index is 575. The highest BCUT2D eigenvalue weighted by Gasteiger charge is 2.00. The molecule has 0 unspecified atom stereocenters. The van der Waals surface area contributed by atoms with Crippen molar-refractivity contribution in [1.29, 1.82) is 0 Å². The number of fused-ring (bicyclic) bond motifs is 1. The van der Waals surface area contributed by atoms with E-state index in [0.29, 0.717) is 26.1 Å². The zero-order valence-corrected chi connectivity index (χ0v) is 12.9. The van der Waals surface area contributed by atoms with Gasteiger partial charge in [0, 0.05) is 13.0 Å². The zero-order chi connectivity index (χ0) is 14.2. The maximum absolute atomic E-state index is 11.4. The maximum atomic E-state index is 11.4. The Morgan fingerprint density at radius 3 is 2.62 bits per heavy atom. The molecule has 0 saturated carbocycles. The quantitative estimate of drug-likeness (QED) is 0.772. The fourth-order valence-corrected chi connectivity index (χ4v) is 1.94. The highest BCUT2D eigenvalue weighted by atomic mass is 35.5. The minimum atomic E-state index is 0. The topological polar surface area (TPSA) is 50.4 Å². The van der Waals surface area contributed by atoms with E-state index in [9.17, 15) is 4.79 Å². The van der Waals surface area contributed by atoms with E-state index in [2.05, 4.69) is 22.8 Å². The molecule has 1 amide bonds. The van der Waals surface area contributed by atoms with E-state index < -0.39 is 0 Å². The first-order chi connectivity index (χ1) is 9.79. The van der Waals surface area contributed by atoms with Gasteiger partial charge in [-0.2, -0.15) is 0 Å². The molecule has 21 heavy (non-hydrogen) atoms. The number of hydrogen-bond acceptors (Lipinski definition) is 3. The summed E-state index contributed by atoms with van der Waals surface area (Å²) >= 11 is 0. The molecule has 0 aliphatic heterocycles. The van der Waals surface area contributed by atoms with Gasteiger partial charge in [0.25, 0.3) is 0 Å². The molecule has 0 aliphatic carbocycles. The van der Waals surface area contributed by atoms with Crippen LogP contribution in [-0.4, -0.2) is 32.7 Å². The van der Waals surface area contributed by atoms with Crippen molar-refractivity contribution in [2.75, 3.05) is 26.7 Å². The smallest absolute Gasteiger partial charge is 0.221 e. The van der Waals surface area contributed by atoms with E-state index >= 15 is 0 Å². The summed E-state index contributed by atoms with van der Waals surface area (Å²) in [6.07, 6.45) is 0.493. The Kier molecular flexibility index (Phi) is 7.58. The summed E-state index contributed by atoms with van der Waals surface area (Å²) in [5, 5.41) is 8.11. The lowest BCUT2D eigenvalue weighted by molar-refractivity contribution is -0.121. The molecule has 0 heterocycles. The van der Waals surface area contributed by atoms with Crippen molar-refractivity contribution < 1.29 is 9.53 Å². The minimum Gasteiger partial charge on any atom is -0.492 e. The van der Waals surface area contributed by atoms with Crippen molar-refractivity contribution in [3.63, 3.8) is 0 Å². The molecule has 0 spiro atoms. The lowest BCUT2D eigenvalue weighted by Crippen LogP contribution is -2.30. The first kappa shape index (κ1) is 17.3. The van der Waals surface area contributed by atoms with Gasteiger partial charge in [-0.1, -0.05) is 30.3 Å². The third-order valence-electron chi connectivity index (χ3n) is 3.02. The maximum Gasteiger partial charge on any atom is 0.221 e. The Balaban J connectivity index is 0.00000220. The number of carbonyl (C=O) groups is 1. The molecule has 0 aliphatic rings. The van der Waals surface area contributed by atoms with Gasteiger partial charge < -0.3 is 15.4 Å². The predicted molar refractivity (Wildman–Crippen MR) is 88.2 cm³/mol. The summed E-state index contributed by atoms with van der Waals surface area (Å²) in [7, 11) is 1.83. The predicted octanol–water partition coefficient (Wildman–Crippen LogP) is 2.37. The number of halogens is 1. The van der Waals surface area contributed by atoms with Crippen LogP contribution in [0.3, 0.4) is 0 Å². The van der Waals surface area contributed by atoms with Crippen LogP contribution in [0.2, 0.25) is 0 Å². The molecule has 2 N–H and O–H groups in total. The third-order valence-corrected chi connectivity index (χ3v) is 3.02. The largest absolute Gasteiger partial charge is 0.492 e. The van der Waals surface area contributed by atoms with Crippen LogP contribution < -0.4 is 15.4 Å². The first-order valence-electron chi connectivity index (χ1n) is 6.82. The van der Waals surface area contributed by atoms with Gasteiger partial charge in [0.05, 0.1) is 6.54 Å². The third kappa shape index (κ3) is 5.61. The van der Waals surface area contributed by atoms with Gasteiger partial charge in [-0.05, 0) is 30.0 Å². The normalized spacial score (nSPS) is 9.95. The van der Waals surface area contributed by atoms with Crippen LogP contribution in [0.15, 0.2) is 42.5 Å². The molecular weight excluding hydrogens is 288 g/mol. The molecule has 4 nitrogen and oxygen atoms in total. The second-order valence-corrected chi connectivity index (χ2v) is 4.56. The molecule has 0 bridgehead atoms. The van der Waals surface area contributed by atoms with E-state index in [1.165, 1.54) is 5.39 Å². The number of hydrogen-bond donors (Lipinski definition) is 2. The fourth-order valence-electron chi connectivity index (χ4n) is 1.94. The van der Waals surface area contributed by atoms with Crippen LogP contribution in [0.5, 0.6) is 5.75 Å². The number of benzene rings is 2. The Morgan fingerprint density at radius 1 is 1.10 bits per heavy atom.